The molecule has 5 nitrogen and oxygen atoms in total. The molecule has 20 heavy (non-hydrogen) atoms. The van der Waals surface area contributed by atoms with Crippen molar-refractivity contribution in [1.82, 2.24) is 4.90 Å². The first-order valence-corrected chi connectivity index (χ1v) is 6.60. The Morgan fingerprint density at radius 2 is 2.15 bits per heavy atom. The van der Waals surface area contributed by atoms with Crippen LogP contribution in [0.3, 0.4) is 0 Å². The average Bonchev–Trinajstić information content (AvgIpc) is 3.19. The van der Waals surface area contributed by atoms with E-state index in [1.54, 1.807) is 4.90 Å². The van der Waals surface area contributed by atoms with Gasteiger partial charge in [-0.15, -0.1) is 0 Å². The number of hydrogen-bond acceptors (Lipinski definition) is 2. The summed E-state index contributed by atoms with van der Waals surface area (Å²) in [5.74, 6) is -1.73. The van der Waals surface area contributed by atoms with Crippen molar-refractivity contribution in [3.8, 4) is 0 Å². The normalized spacial score (nSPS) is 13.9. The molecule has 0 unspecified atom stereocenters. The van der Waals surface area contributed by atoms with Gasteiger partial charge < -0.3 is 15.3 Å². The van der Waals surface area contributed by atoms with E-state index < -0.39 is 23.4 Å². The minimum atomic E-state index is -1.40. The fourth-order valence-corrected chi connectivity index (χ4v) is 2.01. The third-order valence-electron chi connectivity index (χ3n) is 3.31. The van der Waals surface area contributed by atoms with E-state index in [0.717, 1.165) is 18.9 Å². The highest BCUT2D eigenvalue weighted by molar-refractivity contribution is 6.00. The van der Waals surface area contributed by atoms with Crippen LogP contribution in [0.25, 0.3) is 0 Å². The van der Waals surface area contributed by atoms with Crippen molar-refractivity contribution >= 4 is 17.7 Å². The summed E-state index contributed by atoms with van der Waals surface area (Å²) in [4.78, 5) is 24.7. The molecule has 0 spiro atoms. The van der Waals surface area contributed by atoms with Gasteiger partial charge in [0.2, 0.25) is 0 Å². The number of urea groups is 1. The average molecular weight is 280 g/mol. The first-order valence-electron chi connectivity index (χ1n) is 6.60. The Morgan fingerprint density at radius 3 is 2.70 bits per heavy atom. The first kappa shape index (κ1) is 14.3. The maximum atomic E-state index is 13.5. The Balaban J connectivity index is 2.13. The fourth-order valence-electron chi connectivity index (χ4n) is 2.01. The van der Waals surface area contributed by atoms with E-state index in [1.165, 1.54) is 12.1 Å². The lowest BCUT2D eigenvalue weighted by molar-refractivity contribution is 0.0693. The Kier molecular flexibility index (Phi) is 4.22. The second-order valence-corrected chi connectivity index (χ2v) is 4.88. The van der Waals surface area contributed by atoms with E-state index in [9.17, 15) is 14.0 Å². The molecule has 2 amide bonds. The number of nitrogens with one attached hydrogen (secondary N) is 1. The zero-order chi connectivity index (χ0) is 14.7. The summed E-state index contributed by atoms with van der Waals surface area (Å²) in [6.07, 6.45) is 2.23. The van der Waals surface area contributed by atoms with Gasteiger partial charge in [-0.2, -0.15) is 0 Å². The summed E-state index contributed by atoms with van der Waals surface area (Å²) in [5, 5.41) is 11.5. The van der Waals surface area contributed by atoms with Gasteiger partial charge in [0, 0.05) is 13.1 Å². The van der Waals surface area contributed by atoms with Crippen molar-refractivity contribution in [2.24, 2.45) is 5.92 Å². The van der Waals surface area contributed by atoms with Crippen LogP contribution in [0.2, 0.25) is 0 Å². The lowest BCUT2D eigenvalue weighted by Gasteiger charge is -2.21. The molecule has 2 rings (SSSR count). The standard InChI is InChI=1S/C14H17FN2O3/c1-2-17(8-9-6-7-9)14(20)16-11-5-3-4-10(15)12(11)13(18)19/h3-5,9H,2,6-8H2,1H3,(H,16,20)(H,18,19). The zero-order valence-electron chi connectivity index (χ0n) is 11.2. The molecular formula is C14H17FN2O3. The van der Waals surface area contributed by atoms with E-state index in [2.05, 4.69) is 5.32 Å². The molecule has 2 N–H and O–H groups in total. The van der Waals surface area contributed by atoms with Crippen LogP contribution < -0.4 is 5.32 Å². The fraction of sp³-hybridized carbons (Fsp3) is 0.429. The molecule has 1 fully saturated rings. The van der Waals surface area contributed by atoms with Gasteiger partial charge in [0.25, 0.3) is 0 Å². The van der Waals surface area contributed by atoms with Crippen molar-refractivity contribution < 1.29 is 19.1 Å². The molecule has 0 radical (unpaired) electrons. The third-order valence-corrected chi connectivity index (χ3v) is 3.31. The molecule has 1 aliphatic carbocycles. The Morgan fingerprint density at radius 1 is 1.45 bits per heavy atom. The van der Waals surface area contributed by atoms with Gasteiger partial charge in [-0.05, 0) is 37.8 Å². The molecule has 1 aromatic rings. The van der Waals surface area contributed by atoms with Crippen LogP contribution >= 0.6 is 0 Å². The number of amides is 2. The summed E-state index contributed by atoms with van der Waals surface area (Å²) >= 11 is 0. The number of halogens is 1. The molecule has 108 valence electrons. The van der Waals surface area contributed by atoms with Crippen LogP contribution in [-0.4, -0.2) is 35.1 Å². The molecule has 0 heterocycles. The number of carboxylic acid groups (broad SMARTS) is 1. The van der Waals surface area contributed by atoms with E-state index in [4.69, 9.17) is 5.11 Å². The second-order valence-electron chi connectivity index (χ2n) is 4.88. The van der Waals surface area contributed by atoms with Crippen molar-refractivity contribution in [3.63, 3.8) is 0 Å². The number of nitrogens with zero attached hydrogens (tertiary/aromatic N) is 1. The highest BCUT2D eigenvalue weighted by Crippen LogP contribution is 2.30. The van der Waals surface area contributed by atoms with Gasteiger partial charge in [-0.1, -0.05) is 6.07 Å². The molecule has 0 bridgehead atoms. The van der Waals surface area contributed by atoms with Crippen molar-refractivity contribution in [2.45, 2.75) is 19.8 Å². The van der Waals surface area contributed by atoms with Gasteiger partial charge in [-0.25, -0.2) is 14.0 Å². The lowest BCUT2D eigenvalue weighted by atomic mass is 10.1. The molecule has 1 saturated carbocycles. The molecule has 0 atom stereocenters. The van der Waals surface area contributed by atoms with E-state index in [1.807, 2.05) is 6.92 Å². The molecule has 0 aliphatic heterocycles. The van der Waals surface area contributed by atoms with Gasteiger partial charge in [-0.3, -0.25) is 0 Å². The highest BCUT2D eigenvalue weighted by Gasteiger charge is 2.26. The van der Waals surface area contributed by atoms with Crippen LogP contribution in [0, 0.1) is 11.7 Å². The van der Waals surface area contributed by atoms with E-state index in [-0.39, 0.29) is 5.69 Å². The number of anilines is 1. The number of rotatable bonds is 5. The SMILES string of the molecule is CCN(CC1CC1)C(=O)Nc1cccc(F)c1C(=O)O. The minimum absolute atomic E-state index is 0.0169. The molecular weight excluding hydrogens is 263 g/mol. The number of hydrogen-bond donors (Lipinski definition) is 2. The van der Waals surface area contributed by atoms with E-state index in [0.29, 0.717) is 19.0 Å². The van der Waals surface area contributed by atoms with Gasteiger partial charge >= 0.3 is 12.0 Å². The molecule has 1 aromatic carbocycles. The van der Waals surface area contributed by atoms with Crippen LogP contribution in [0.15, 0.2) is 18.2 Å². The maximum Gasteiger partial charge on any atom is 0.340 e. The van der Waals surface area contributed by atoms with E-state index >= 15 is 0 Å². The largest absolute Gasteiger partial charge is 0.478 e. The summed E-state index contributed by atoms with van der Waals surface area (Å²) in [6.45, 7) is 3.03. The van der Waals surface area contributed by atoms with Gasteiger partial charge in [0.1, 0.15) is 11.4 Å². The van der Waals surface area contributed by atoms with Gasteiger partial charge in [0.05, 0.1) is 5.69 Å². The Labute approximate surface area is 116 Å². The van der Waals surface area contributed by atoms with Crippen LogP contribution in [-0.2, 0) is 0 Å². The lowest BCUT2D eigenvalue weighted by Crippen LogP contribution is -2.36. The number of carboxylic acids is 1. The monoisotopic (exact) mass is 280 g/mol. The molecule has 0 saturated heterocycles. The molecule has 1 aliphatic rings. The topological polar surface area (TPSA) is 69.6 Å². The Bertz CT molecular complexity index is 529. The highest BCUT2D eigenvalue weighted by atomic mass is 19.1. The number of carbonyl (C=O) groups excluding carboxylic acids is 1. The summed E-state index contributed by atoms with van der Waals surface area (Å²) in [7, 11) is 0. The zero-order valence-corrected chi connectivity index (χ0v) is 11.2. The first-order chi connectivity index (χ1) is 9.52. The van der Waals surface area contributed by atoms with Crippen molar-refractivity contribution in [2.75, 3.05) is 18.4 Å². The minimum Gasteiger partial charge on any atom is -0.478 e. The second kappa shape index (κ2) is 5.90. The predicted molar refractivity (Wildman–Crippen MR) is 72.3 cm³/mol. The number of benzene rings is 1. The summed E-state index contributed by atoms with van der Waals surface area (Å²) < 4.78 is 13.5. The molecule has 0 aromatic heterocycles. The number of aromatic carboxylic acids is 1. The molecule has 6 heteroatoms. The number of carbonyl (C=O) groups is 2. The predicted octanol–water partition coefficient (Wildman–Crippen LogP) is 2.79. The van der Waals surface area contributed by atoms with Crippen LogP contribution in [0.5, 0.6) is 0 Å². The maximum absolute atomic E-state index is 13.5. The summed E-state index contributed by atoms with van der Waals surface area (Å²) in [5.41, 5.74) is -0.528. The van der Waals surface area contributed by atoms with Crippen LogP contribution in [0.4, 0.5) is 14.9 Å². The third kappa shape index (κ3) is 3.26. The van der Waals surface area contributed by atoms with Gasteiger partial charge in [0.15, 0.2) is 0 Å². The quantitative estimate of drug-likeness (QED) is 0.871. The van der Waals surface area contributed by atoms with Crippen molar-refractivity contribution in [3.05, 3.63) is 29.6 Å². The van der Waals surface area contributed by atoms with Crippen LogP contribution in [0.1, 0.15) is 30.1 Å². The Hall–Kier alpha value is -2.11. The smallest absolute Gasteiger partial charge is 0.340 e. The summed E-state index contributed by atoms with van der Waals surface area (Å²) in [6, 6.07) is 3.41. The van der Waals surface area contributed by atoms with Crippen molar-refractivity contribution in [1.29, 1.82) is 0 Å².